The third-order valence-corrected chi connectivity index (χ3v) is 4.92. The molecule has 1 aliphatic rings. The molecule has 0 aromatic heterocycles. The number of ether oxygens (including phenoxy) is 1. The molecule has 2 rings (SSSR count). The van der Waals surface area contributed by atoms with Crippen molar-refractivity contribution >= 4 is 10.0 Å². The molecule has 1 heterocycles. The first-order chi connectivity index (χ1) is 9.44. The van der Waals surface area contributed by atoms with E-state index in [4.69, 9.17) is 9.84 Å². The molecule has 112 valence electrons. The van der Waals surface area contributed by atoms with Crippen LogP contribution in [0.25, 0.3) is 0 Å². The van der Waals surface area contributed by atoms with E-state index in [2.05, 4.69) is 4.72 Å². The van der Waals surface area contributed by atoms with Crippen LogP contribution in [0.2, 0.25) is 0 Å². The zero-order chi connectivity index (χ0) is 14.8. The Morgan fingerprint density at radius 3 is 2.85 bits per heavy atom. The summed E-state index contributed by atoms with van der Waals surface area (Å²) in [5.41, 5.74) is 0.327. The standard InChI is InChI=1S/C13H18FNO4S/c1-9(12-3-2-6-19-12)15-20(17,18)13-5-4-10(8-16)7-11(13)14/h4-5,7,9,12,15-16H,2-3,6,8H2,1H3. The highest BCUT2D eigenvalue weighted by molar-refractivity contribution is 7.89. The molecule has 0 bridgehead atoms. The van der Waals surface area contributed by atoms with E-state index in [1.54, 1.807) is 6.92 Å². The molecular formula is C13H18FNO4S. The van der Waals surface area contributed by atoms with Crippen molar-refractivity contribution in [2.75, 3.05) is 6.61 Å². The minimum Gasteiger partial charge on any atom is -0.392 e. The Labute approximate surface area is 117 Å². The molecule has 0 aliphatic carbocycles. The van der Waals surface area contributed by atoms with Gasteiger partial charge in [0.25, 0.3) is 0 Å². The Kier molecular flexibility index (Phi) is 4.74. The highest BCUT2D eigenvalue weighted by Crippen LogP contribution is 2.20. The Morgan fingerprint density at radius 1 is 1.55 bits per heavy atom. The minimum atomic E-state index is -3.94. The maximum atomic E-state index is 13.8. The highest BCUT2D eigenvalue weighted by Gasteiger charge is 2.28. The van der Waals surface area contributed by atoms with E-state index in [1.165, 1.54) is 6.07 Å². The first-order valence-electron chi connectivity index (χ1n) is 6.47. The number of aliphatic hydroxyl groups excluding tert-OH is 1. The second-order valence-electron chi connectivity index (χ2n) is 4.88. The molecule has 2 N–H and O–H groups in total. The monoisotopic (exact) mass is 303 g/mol. The predicted octanol–water partition coefficient (Wildman–Crippen LogP) is 1.16. The molecule has 1 aliphatic heterocycles. The fraction of sp³-hybridized carbons (Fsp3) is 0.538. The van der Waals surface area contributed by atoms with Gasteiger partial charge in [-0.25, -0.2) is 17.5 Å². The van der Waals surface area contributed by atoms with Crippen molar-refractivity contribution in [2.24, 2.45) is 0 Å². The largest absolute Gasteiger partial charge is 0.392 e. The molecule has 1 fully saturated rings. The lowest BCUT2D eigenvalue weighted by molar-refractivity contribution is 0.0902. The van der Waals surface area contributed by atoms with E-state index in [-0.39, 0.29) is 12.7 Å². The summed E-state index contributed by atoms with van der Waals surface area (Å²) >= 11 is 0. The molecule has 0 amide bonds. The lowest BCUT2D eigenvalue weighted by Crippen LogP contribution is -2.41. The highest BCUT2D eigenvalue weighted by atomic mass is 32.2. The van der Waals surface area contributed by atoms with E-state index >= 15 is 0 Å². The predicted molar refractivity (Wildman–Crippen MR) is 71.1 cm³/mol. The van der Waals surface area contributed by atoms with Gasteiger partial charge in [-0.05, 0) is 37.5 Å². The third kappa shape index (κ3) is 3.35. The summed E-state index contributed by atoms with van der Waals surface area (Å²) in [4.78, 5) is -0.417. The SMILES string of the molecule is CC(NS(=O)(=O)c1ccc(CO)cc1F)C1CCCO1. The van der Waals surface area contributed by atoms with Gasteiger partial charge in [0.05, 0.1) is 12.7 Å². The first-order valence-corrected chi connectivity index (χ1v) is 7.95. The van der Waals surface area contributed by atoms with Crippen LogP contribution in [0.15, 0.2) is 23.1 Å². The Bertz CT molecular complexity index is 570. The maximum absolute atomic E-state index is 13.8. The van der Waals surface area contributed by atoms with Gasteiger partial charge in [0.15, 0.2) is 0 Å². The molecule has 20 heavy (non-hydrogen) atoms. The van der Waals surface area contributed by atoms with Crippen LogP contribution in [0.5, 0.6) is 0 Å². The second kappa shape index (κ2) is 6.17. The molecular weight excluding hydrogens is 285 g/mol. The summed E-state index contributed by atoms with van der Waals surface area (Å²) in [5, 5.41) is 8.90. The van der Waals surface area contributed by atoms with Crippen LogP contribution < -0.4 is 4.72 Å². The molecule has 2 atom stereocenters. The molecule has 5 nitrogen and oxygen atoms in total. The van der Waals surface area contributed by atoms with Gasteiger partial charge in [-0.3, -0.25) is 0 Å². The summed E-state index contributed by atoms with van der Waals surface area (Å²) in [7, 11) is -3.94. The Balaban J connectivity index is 2.17. The molecule has 0 saturated carbocycles. The number of nitrogens with one attached hydrogen (secondary N) is 1. The fourth-order valence-electron chi connectivity index (χ4n) is 2.24. The van der Waals surface area contributed by atoms with Gasteiger partial charge in [-0.15, -0.1) is 0 Å². The van der Waals surface area contributed by atoms with Crippen LogP contribution in [0.3, 0.4) is 0 Å². The first kappa shape index (κ1) is 15.4. The number of aliphatic hydroxyl groups is 1. The van der Waals surface area contributed by atoms with E-state index in [1.807, 2.05) is 0 Å². The average Bonchev–Trinajstić information content (AvgIpc) is 2.91. The van der Waals surface area contributed by atoms with Crippen LogP contribution in [0.4, 0.5) is 4.39 Å². The molecule has 7 heteroatoms. The smallest absolute Gasteiger partial charge is 0.243 e. The lowest BCUT2D eigenvalue weighted by atomic mass is 10.1. The van der Waals surface area contributed by atoms with Crippen molar-refractivity contribution in [3.05, 3.63) is 29.6 Å². The van der Waals surface area contributed by atoms with Crippen molar-refractivity contribution in [1.82, 2.24) is 4.72 Å². The normalized spacial score (nSPS) is 21.1. The number of benzene rings is 1. The number of rotatable bonds is 5. The summed E-state index contributed by atoms with van der Waals surface area (Å²) in [6.45, 7) is 1.99. The van der Waals surface area contributed by atoms with Gasteiger partial charge < -0.3 is 9.84 Å². The summed E-state index contributed by atoms with van der Waals surface area (Å²) in [6.07, 6.45) is 1.51. The van der Waals surface area contributed by atoms with Crippen LogP contribution in [-0.2, 0) is 21.4 Å². The molecule has 0 radical (unpaired) electrons. The number of hydrogen-bond acceptors (Lipinski definition) is 4. The molecule has 1 aromatic carbocycles. The van der Waals surface area contributed by atoms with Gasteiger partial charge >= 0.3 is 0 Å². The van der Waals surface area contributed by atoms with Crippen LogP contribution in [0, 0.1) is 5.82 Å². The van der Waals surface area contributed by atoms with Crippen molar-refractivity contribution in [1.29, 1.82) is 0 Å². The van der Waals surface area contributed by atoms with Crippen molar-refractivity contribution in [2.45, 2.75) is 43.4 Å². The maximum Gasteiger partial charge on any atom is 0.243 e. The summed E-state index contributed by atoms with van der Waals surface area (Å²) in [5.74, 6) is -0.872. The number of hydrogen-bond donors (Lipinski definition) is 2. The topological polar surface area (TPSA) is 75.6 Å². The van der Waals surface area contributed by atoms with E-state index < -0.39 is 26.8 Å². The third-order valence-electron chi connectivity index (χ3n) is 3.33. The second-order valence-corrected chi connectivity index (χ2v) is 6.57. The van der Waals surface area contributed by atoms with Gasteiger partial charge in [-0.2, -0.15) is 0 Å². The quantitative estimate of drug-likeness (QED) is 0.856. The zero-order valence-corrected chi connectivity index (χ0v) is 12.0. The van der Waals surface area contributed by atoms with Crippen molar-refractivity contribution in [3.63, 3.8) is 0 Å². The van der Waals surface area contributed by atoms with Crippen molar-refractivity contribution < 1.29 is 22.7 Å². The summed E-state index contributed by atoms with van der Waals surface area (Å²) < 4.78 is 45.9. The van der Waals surface area contributed by atoms with Crippen LogP contribution in [0.1, 0.15) is 25.3 Å². The van der Waals surface area contributed by atoms with Gasteiger partial charge in [-0.1, -0.05) is 6.07 Å². The van der Waals surface area contributed by atoms with Gasteiger partial charge in [0.1, 0.15) is 10.7 Å². The summed E-state index contributed by atoms with van der Waals surface area (Å²) in [6, 6.07) is 3.14. The van der Waals surface area contributed by atoms with Crippen molar-refractivity contribution in [3.8, 4) is 0 Å². The number of halogens is 1. The minimum absolute atomic E-state index is 0.176. The van der Waals surface area contributed by atoms with E-state index in [0.29, 0.717) is 12.2 Å². The number of sulfonamides is 1. The van der Waals surface area contributed by atoms with Gasteiger partial charge in [0.2, 0.25) is 10.0 Å². The Hall–Kier alpha value is -1.02. The van der Waals surface area contributed by atoms with Crippen LogP contribution in [-0.4, -0.2) is 32.3 Å². The van der Waals surface area contributed by atoms with Gasteiger partial charge in [0, 0.05) is 12.6 Å². The average molecular weight is 303 g/mol. The Morgan fingerprint density at radius 2 is 2.30 bits per heavy atom. The molecule has 2 unspecified atom stereocenters. The molecule has 1 saturated heterocycles. The van der Waals surface area contributed by atoms with E-state index in [9.17, 15) is 12.8 Å². The zero-order valence-electron chi connectivity index (χ0n) is 11.2. The van der Waals surface area contributed by atoms with Crippen LogP contribution >= 0.6 is 0 Å². The lowest BCUT2D eigenvalue weighted by Gasteiger charge is -2.20. The van der Waals surface area contributed by atoms with E-state index in [0.717, 1.165) is 25.0 Å². The molecule has 0 spiro atoms. The fourth-order valence-corrected chi connectivity index (χ4v) is 3.57. The molecule has 1 aromatic rings.